The molecule has 3 aromatic rings. The zero-order chi connectivity index (χ0) is 20.5. The molecule has 0 radical (unpaired) electrons. The van der Waals surface area contributed by atoms with E-state index >= 15 is 0 Å². The molecule has 3 heterocycles. The summed E-state index contributed by atoms with van der Waals surface area (Å²) in [5.41, 5.74) is 1.12. The summed E-state index contributed by atoms with van der Waals surface area (Å²) in [7, 11) is 1.25. The van der Waals surface area contributed by atoms with Gasteiger partial charge in [0.15, 0.2) is 0 Å². The van der Waals surface area contributed by atoms with Gasteiger partial charge in [0.2, 0.25) is 5.89 Å². The average Bonchev–Trinajstić information content (AvgIpc) is 3.15. The van der Waals surface area contributed by atoms with Crippen LogP contribution in [-0.2, 0) is 17.7 Å². The van der Waals surface area contributed by atoms with Crippen LogP contribution in [0.2, 0.25) is 0 Å². The number of methoxy groups -OCH3 is 1. The predicted molar refractivity (Wildman–Crippen MR) is 95.9 cm³/mol. The lowest BCUT2D eigenvalue weighted by molar-refractivity contribution is 0.0600. The van der Waals surface area contributed by atoms with Gasteiger partial charge in [0.25, 0.3) is 5.91 Å². The Bertz CT molecular complexity index is 1090. The summed E-state index contributed by atoms with van der Waals surface area (Å²) in [6.07, 6.45) is 3.09. The fourth-order valence-corrected chi connectivity index (χ4v) is 3.14. The number of hydrogen-bond acceptors (Lipinski definition) is 6. The van der Waals surface area contributed by atoms with E-state index in [1.807, 2.05) is 0 Å². The first-order chi connectivity index (χ1) is 13.9. The molecule has 1 amide bonds. The molecule has 0 saturated carbocycles. The van der Waals surface area contributed by atoms with E-state index in [0.717, 1.165) is 18.2 Å². The van der Waals surface area contributed by atoms with Crippen molar-refractivity contribution in [2.24, 2.45) is 0 Å². The van der Waals surface area contributed by atoms with Gasteiger partial charge in [0.1, 0.15) is 23.1 Å². The van der Waals surface area contributed by atoms with Gasteiger partial charge in [-0.3, -0.25) is 9.78 Å². The second-order valence-electron chi connectivity index (χ2n) is 6.48. The van der Waals surface area contributed by atoms with Crippen LogP contribution < -0.4 is 0 Å². The van der Waals surface area contributed by atoms with Crippen LogP contribution in [0.25, 0.3) is 11.5 Å². The third-order valence-electron chi connectivity index (χ3n) is 4.53. The van der Waals surface area contributed by atoms with Gasteiger partial charge in [-0.15, -0.1) is 0 Å². The second-order valence-corrected chi connectivity index (χ2v) is 6.48. The molecule has 1 aliphatic rings. The van der Waals surface area contributed by atoms with Crippen molar-refractivity contribution >= 4 is 11.9 Å². The van der Waals surface area contributed by atoms with Crippen LogP contribution in [0.5, 0.6) is 0 Å². The number of benzene rings is 1. The lowest BCUT2D eigenvalue weighted by atomic mass is 10.1. The van der Waals surface area contributed by atoms with E-state index in [2.05, 4.69) is 14.7 Å². The molecule has 0 bridgehead atoms. The zero-order valence-electron chi connectivity index (χ0n) is 15.3. The number of hydrogen-bond donors (Lipinski definition) is 0. The third kappa shape index (κ3) is 3.71. The monoisotopic (exact) mass is 399 g/mol. The number of aromatic nitrogens is 2. The molecule has 0 fully saturated rings. The van der Waals surface area contributed by atoms with Crippen LogP contribution >= 0.6 is 0 Å². The van der Waals surface area contributed by atoms with Crippen molar-refractivity contribution in [3.63, 3.8) is 0 Å². The Morgan fingerprint density at radius 2 is 1.83 bits per heavy atom. The highest BCUT2D eigenvalue weighted by molar-refractivity contribution is 5.97. The standard InChI is InChI=1S/C20H15F2N3O4/c1-28-20(27)13-4-12(8-23-9-13)19(26)25-3-2-17-16(10-25)24-18(29-17)11-5-14(21)7-15(22)6-11/h4-9H,2-3,10H2,1H3. The van der Waals surface area contributed by atoms with Gasteiger partial charge in [-0.2, -0.15) is 0 Å². The molecule has 0 atom stereocenters. The molecular formula is C20H15F2N3O4. The fraction of sp³-hybridized carbons (Fsp3) is 0.200. The molecule has 2 aromatic heterocycles. The number of amides is 1. The van der Waals surface area contributed by atoms with Crippen molar-refractivity contribution in [2.45, 2.75) is 13.0 Å². The minimum Gasteiger partial charge on any atom is -0.465 e. The number of nitrogens with zero attached hydrogens (tertiary/aromatic N) is 3. The van der Waals surface area contributed by atoms with E-state index < -0.39 is 17.6 Å². The van der Waals surface area contributed by atoms with E-state index in [0.29, 0.717) is 24.4 Å². The van der Waals surface area contributed by atoms with Gasteiger partial charge in [0, 0.05) is 37.0 Å². The van der Waals surface area contributed by atoms with Crippen LogP contribution in [0.15, 0.2) is 41.1 Å². The number of carbonyl (C=O) groups excluding carboxylic acids is 2. The van der Waals surface area contributed by atoms with Gasteiger partial charge >= 0.3 is 5.97 Å². The summed E-state index contributed by atoms with van der Waals surface area (Å²) in [6.45, 7) is 0.526. The molecule has 7 nitrogen and oxygen atoms in total. The number of rotatable bonds is 3. The predicted octanol–water partition coefficient (Wildman–Crippen LogP) is 3.00. The number of esters is 1. The largest absolute Gasteiger partial charge is 0.465 e. The summed E-state index contributed by atoms with van der Waals surface area (Å²) in [4.78, 5) is 34.2. The van der Waals surface area contributed by atoms with E-state index in [9.17, 15) is 18.4 Å². The maximum Gasteiger partial charge on any atom is 0.339 e. The van der Waals surface area contributed by atoms with Crippen LogP contribution in [0.3, 0.4) is 0 Å². The van der Waals surface area contributed by atoms with E-state index in [-0.39, 0.29) is 35.0 Å². The summed E-state index contributed by atoms with van der Waals surface area (Å²) in [5.74, 6) is -1.71. The normalized spacial score (nSPS) is 13.1. The third-order valence-corrected chi connectivity index (χ3v) is 4.53. The van der Waals surface area contributed by atoms with Crippen LogP contribution in [-0.4, -0.2) is 40.4 Å². The van der Waals surface area contributed by atoms with Crippen molar-refractivity contribution < 1.29 is 27.5 Å². The summed E-state index contributed by atoms with van der Waals surface area (Å²) in [5, 5.41) is 0. The fourth-order valence-electron chi connectivity index (χ4n) is 3.14. The molecule has 148 valence electrons. The minimum atomic E-state index is -0.731. The van der Waals surface area contributed by atoms with Gasteiger partial charge in [-0.1, -0.05) is 0 Å². The highest BCUT2D eigenvalue weighted by atomic mass is 19.1. The molecular weight excluding hydrogens is 384 g/mol. The number of oxazole rings is 1. The first-order valence-electron chi connectivity index (χ1n) is 8.72. The van der Waals surface area contributed by atoms with Gasteiger partial charge in [-0.05, 0) is 18.2 Å². The second kappa shape index (κ2) is 7.42. The van der Waals surface area contributed by atoms with E-state index in [1.165, 1.54) is 25.6 Å². The molecule has 0 aliphatic carbocycles. The number of pyridine rings is 1. The Hall–Kier alpha value is -3.62. The van der Waals surface area contributed by atoms with E-state index in [4.69, 9.17) is 4.42 Å². The molecule has 1 aromatic carbocycles. The molecule has 0 spiro atoms. The number of fused-ring (bicyclic) bond motifs is 1. The van der Waals surface area contributed by atoms with Crippen molar-refractivity contribution in [3.05, 3.63) is 70.9 Å². The van der Waals surface area contributed by atoms with Crippen molar-refractivity contribution in [3.8, 4) is 11.5 Å². The maximum absolute atomic E-state index is 13.5. The lowest BCUT2D eigenvalue weighted by Gasteiger charge is -2.25. The number of carbonyl (C=O) groups is 2. The van der Waals surface area contributed by atoms with Crippen LogP contribution in [0, 0.1) is 11.6 Å². The molecule has 9 heteroatoms. The highest BCUT2D eigenvalue weighted by Crippen LogP contribution is 2.28. The molecule has 29 heavy (non-hydrogen) atoms. The smallest absolute Gasteiger partial charge is 0.339 e. The Balaban J connectivity index is 1.57. The lowest BCUT2D eigenvalue weighted by Crippen LogP contribution is -2.36. The first kappa shape index (κ1) is 18.7. The number of halogens is 2. The Morgan fingerprint density at radius 3 is 2.55 bits per heavy atom. The minimum absolute atomic E-state index is 0.0945. The van der Waals surface area contributed by atoms with Crippen molar-refractivity contribution in [2.75, 3.05) is 13.7 Å². The maximum atomic E-state index is 13.5. The molecule has 1 aliphatic heterocycles. The van der Waals surface area contributed by atoms with Gasteiger partial charge < -0.3 is 14.1 Å². The Kier molecular flexibility index (Phi) is 4.79. The van der Waals surface area contributed by atoms with Crippen LogP contribution in [0.4, 0.5) is 8.78 Å². The molecule has 4 rings (SSSR count). The quantitative estimate of drug-likeness (QED) is 0.630. The van der Waals surface area contributed by atoms with Gasteiger partial charge in [0.05, 0.1) is 24.8 Å². The molecule has 0 N–H and O–H groups in total. The zero-order valence-corrected chi connectivity index (χ0v) is 15.3. The van der Waals surface area contributed by atoms with E-state index in [1.54, 1.807) is 4.90 Å². The van der Waals surface area contributed by atoms with Crippen molar-refractivity contribution in [1.29, 1.82) is 0 Å². The SMILES string of the molecule is COC(=O)c1cncc(C(=O)N2CCc3oc(-c4cc(F)cc(F)c4)nc3C2)c1. The summed E-state index contributed by atoms with van der Waals surface area (Å²) >= 11 is 0. The highest BCUT2D eigenvalue weighted by Gasteiger charge is 2.27. The summed E-state index contributed by atoms with van der Waals surface area (Å²) in [6, 6.07) is 4.45. The average molecular weight is 399 g/mol. The summed E-state index contributed by atoms with van der Waals surface area (Å²) < 4.78 is 37.2. The topological polar surface area (TPSA) is 85.5 Å². The van der Waals surface area contributed by atoms with Crippen LogP contribution in [0.1, 0.15) is 32.2 Å². The Morgan fingerprint density at radius 1 is 1.10 bits per heavy atom. The first-order valence-corrected chi connectivity index (χ1v) is 8.72. The Labute approximate surface area is 163 Å². The number of ether oxygens (including phenoxy) is 1. The van der Waals surface area contributed by atoms with Crippen molar-refractivity contribution in [1.82, 2.24) is 14.9 Å². The van der Waals surface area contributed by atoms with Gasteiger partial charge in [-0.25, -0.2) is 18.6 Å². The molecule has 0 unspecified atom stereocenters. The molecule has 0 saturated heterocycles.